The van der Waals surface area contributed by atoms with Gasteiger partial charge in [-0.2, -0.15) is 0 Å². The highest BCUT2D eigenvalue weighted by Crippen LogP contribution is 2.04. The topological polar surface area (TPSA) is 59.6 Å². The quantitative estimate of drug-likeness (QED) is 0.517. The largest absolute Gasteiger partial charge is 0.356 e. The first-order chi connectivity index (χ1) is 8.83. The normalized spacial score (nSPS) is 10.3. The SMILES string of the molecule is CCOCOCNCCC(=O)Nc1ccccc1. The predicted molar refractivity (Wildman–Crippen MR) is 70.1 cm³/mol. The number of amides is 1. The monoisotopic (exact) mass is 252 g/mol. The van der Waals surface area contributed by atoms with Crippen molar-refractivity contribution in [3.05, 3.63) is 30.3 Å². The number of carbonyl (C=O) groups is 1. The maximum Gasteiger partial charge on any atom is 0.225 e. The number of hydrogen-bond donors (Lipinski definition) is 2. The third-order valence-electron chi connectivity index (χ3n) is 2.16. The summed E-state index contributed by atoms with van der Waals surface area (Å²) < 4.78 is 10.1. The summed E-state index contributed by atoms with van der Waals surface area (Å²) >= 11 is 0. The van der Waals surface area contributed by atoms with Gasteiger partial charge in [0.05, 0.1) is 6.73 Å². The minimum absolute atomic E-state index is 0.0153. The first kappa shape index (κ1) is 14.6. The molecule has 1 aromatic carbocycles. The molecule has 0 aromatic heterocycles. The zero-order valence-electron chi connectivity index (χ0n) is 10.6. The van der Waals surface area contributed by atoms with Crippen molar-refractivity contribution in [2.45, 2.75) is 13.3 Å². The van der Waals surface area contributed by atoms with Gasteiger partial charge >= 0.3 is 0 Å². The first-order valence-electron chi connectivity index (χ1n) is 6.04. The molecule has 18 heavy (non-hydrogen) atoms. The summed E-state index contributed by atoms with van der Waals surface area (Å²) in [6, 6.07) is 9.39. The van der Waals surface area contributed by atoms with E-state index >= 15 is 0 Å². The molecule has 5 heteroatoms. The van der Waals surface area contributed by atoms with Crippen molar-refractivity contribution in [3.8, 4) is 0 Å². The van der Waals surface area contributed by atoms with E-state index in [2.05, 4.69) is 10.6 Å². The summed E-state index contributed by atoms with van der Waals surface area (Å²) in [4.78, 5) is 11.5. The number of rotatable bonds is 9. The second-order valence-corrected chi connectivity index (χ2v) is 3.62. The van der Waals surface area contributed by atoms with E-state index in [1.807, 2.05) is 37.3 Å². The Labute approximate surface area is 107 Å². The molecule has 100 valence electrons. The Balaban J connectivity index is 2.00. The lowest BCUT2D eigenvalue weighted by Gasteiger charge is -2.07. The average Bonchev–Trinajstić information content (AvgIpc) is 2.39. The van der Waals surface area contributed by atoms with Crippen molar-refractivity contribution in [2.24, 2.45) is 0 Å². The van der Waals surface area contributed by atoms with E-state index in [-0.39, 0.29) is 12.7 Å². The molecule has 0 spiro atoms. The van der Waals surface area contributed by atoms with Crippen LogP contribution in [0.1, 0.15) is 13.3 Å². The first-order valence-corrected chi connectivity index (χ1v) is 6.04. The summed E-state index contributed by atoms with van der Waals surface area (Å²) in [6.45, 7) is 3.79. The smallest absolute Gasteiger partial charge is 0.225 e. The van der Waals surface area contributed by atoms with Crippen molar-refractivity contribution in [3.63, 3.8) is 0 Å². The van der Waals surface area contributed by atoms with Gasteiger partial charge < -0.3 is 14.8 Å². The molecule has 5 nitrogen and oxygen atoms in total. The van der Waals surface area contributed by atoms with Gasteiger partial charge in [-0.25, -0.2) is 0 Å². The molecule has 2 N–H and O–H groups in total. The third-order valence-corrected chi connectivity index (χ3v) is 2.16. The summed E-state index contributed by atoms with van der Waals surface area (Å²) in [6.07, 6.45) is 0.410. The number of para-hydroxylation sites is 1. The Morgan fingerprint density at radius 2 is 2.00 bits per heavy atom. The molecule has 1 amide bonds. The second-order valence-electron chi connectivity index (χ2n) is 3.62. The molecule has 1 rings (SSSR count). The number of hydrogen-bond acceptors (Lipinski definition) is 4. The van der Waals surface area contributed by atoms with Crippen molar-refractivity contribution in [2.75, 3.05) is 32.0 Å². The van der Waals surface area contributed by atoms with Crippen molar-refractivity contribution in [1.29, 1.82) is 0 Å². The fraction of sp³-hybridized carbons (Fsp3) is 0.462. The van der Waals surface area contributed by atoms with Gasteiger partial charge in [-0.15, -0.1) is 0 Å². The summed E-state index contributed by atoms with van der Waals surface area (Å²) in [7, 11) is 0. The van der Waals surface area contributed by atoms with E-state index in [1.165, 1.54) is 0 Å². The van der Waals surface area contributed by atoms with Gasteiger partial charge in [-0.1, -0.05) is 18.2 Å². The molecule has 0 atom stereocenters. The number of carbonyl (C=O) groups excluding carboxylic acids is 1. The van der Waals surface area contributed by atoms with E-state index in [0.29, 0.717) is 26.3 Å². The van der Waals surface area contributed by atoms with Gasteiger partial charge in [0.1, 0.15) is 6.79 Å². The fourth-order valence-corrected chi connectivity index (χ4v) is 1.28. The Bertz CT molecular complexity index is 330. The van der Waals surface area contributed by atoms with Gasteiger partial charge in [-0.05, 0) is 19.1 Å². The third kappa shape index (κ3) is 7.01. The van der Waals surface area contributed by atoms with E-state index in [0.717, 1.165) is 5.69 Å². The van der Waals surface area contributed by atoms with Crippen LogP contribution in [0, 0.1) is 0 Å². The highest BCUT2D eigenvalue weighted by molar-refractivity contribution is 5.90. The summed E-state index contributed by atoms with van der Waals surface area (Å²) in [5.41, 5.74) is 0.815. The van der Waals surface area contributed by atoms with E-state index in [1.54, 1.807) is 0 Å². The lowest BCUT2D eigenvalue weighted by atomic mass is 10.3. The van der Waals surface area contributed by atoms with Crippen LogP contribution in [0.4, 0.5) is 5.69 Å². The molecule has 1 aromatic rings. The second kappa shape index (κ2) is 9.58. The minimum atomic E-state index is -0.0153. The van der Waals surface area contributed by atoms with Crippen LogP contribution in [0.15, 0.2) is 30.3 Å². The van der Waals surface area contributed by atoms with E-state index in [9.17, 15) is 4.79 Å². The Hall–Kier alpha value is -1.43. The predicted octanol–water partition coefficient (Wildman–Crippen LogP) is 1.57. The number of benzene rings is 1. The summed E-state index contributed by atoms with van der Waals surface area (Å²) in [5, 5.41) is 5.81. The molecule has 0 aliphatic heterocycles. The molecule has 0 aliphatic carbocycles. The highest BCUT2D eigenvalue weighted by Gasteiger charge is 2.00. The number of ether oxygens (including phenoxy) is 2. The molecule has 0 saturated carbocycles. The van der Waals surface area contributed by atoms with Crippen LogP contribution >= 0.6 is 0 Å². The standard InChI is InChI=1S/C13H20N2O3/c1-2-17-11-18-10-14-9-8-13(16)15-12-6-4-3-5-7-12/h3-7,14H,2,8-11H2,1H3,(H,15,16). The minimum Gasteiger partial charge on any atom is -0.356 e. The van der Waals surface area contributed by atoms with Gasteiger partial charge in [0.15, 0.2) is 0 Å². The van der Waals surface area contributed by atoms with Crippen LogP contribution in [0.25, 0.3) is 0 Å². The maximum absolute atomic E-state index is 11.5. The summed E-state index contributed by atoms with van der Waals surface area (Å²) in [5.74, 6) is -0.0153. The highest BCUT2D eigenvalue weighted by atomic mass is 16.7. The van der Waals surface area contributed by atoms with Crippen molar-refractivity contribution >= 4 is 11.6 Å². The van der Waals surface area contributed by atoms with Crippen LogP contribution in [0.5, 0.6) is 0 Å². The van der Waals surface area contributed by atoms with Crippen LogP contribution in [-0.4, -0.2) is 32.6 Å². The van der Waals surface area contributed by atoms with Crippen LogP contribution in [0.3, 0.4) is 0 Å². The van der Waals surface area contributed by atoms with Crippen LogP contribution < -0.4 is 10.6 Å². The maximum atomic E-state index is 11.5. The molecular weight excluding hydrogens is 232 g/mol. The zero-order valence-corrected chi connectivity index (χ0v) is 10.6. The van der Waals surface area contributed by atoms with Crippen LogP contribution in [-0.2, 0) is 14.3 Å². The van der Waals surface area contributed by atoms with Gasteiger partial charge in [0.25, 0.3) is 0 Å². The van der Waals surface area contributed by atoms with Crippen molar-refractivity contribution < 1.29 is 14.3 Å². The number of nitrogens with one attached hydrogen (secondary N) is 2. The van der Waals surface area contributed by atoms with E-state index < -0.39 is 0 Å². The molecule has 0 radical (unpaired) electrons. The Morgan fingerprint density at radius 1 is 1.22 bits per heavy atom. The molecule has 0 fully saturated rings. The lowest BCUT2D eigenvalue weighted by molar-refractivity contribution is -0.116. The molecule has 0 heterocycles. The Morgan fingerprint density at radius 3 is 2.72 bits per heavy atom. The van der Waals surface area contributed by atoms with Crippen molar-refractivity contribution in [1.82, 2.24) is 5.32 Å². The lowest BCUT2D eigenvalue weighted by Crippen LogP contribution is -2.24. The van der Waals surface area contributed by atoms with Crippen LogP contribution in [0.2, 0.25) is 0 Å². The zero-order chi connectivity index (χ0) is 13.1. The Kier molecular flexibility index (Phi) is 7.79. The molecular formula is C13H20N2O3. The van der Waals surface area contributed by atoms with E-state index in [4.69, 9.17) is 9.47 Å². The van der Waals surface area contributed by atoms with Gasteiger partial charge in [0, 0.05) is 25.3 Å². The molecule has 0 aliphatic rings. The average molecular weight is 252 g/mol. The molecule has 0 saturated heterocycles. The van der Waals surface area contributed by atoms with Gasteiger partial charge in [-0.3, -0.25) is 10.1 Å². The molecule has 0 bridgehead atoms. The van der Waals surface area contributed by atoms with Gasteiger partial charge in [0.2, 0.25) is 5.91 Å². The fourth-order valence-electron chi connectivity index (χ4n) is 1.28. The molecule has 0 unspecified atom stereocenters. The number of anilines is 1.